The van der Waals surface area contributed by atoms with Gasteiger partial charge in [0.25, 0.3) is 0 Å². The number of methoxy groups -OCH3 is 1. The van der Waals surface area contributed by atoms with Crippen LogP contribution in [-0.2, 0) is 11.3 Å². The number of hydrogen-bond acceptors (Lipinski definition) is 4. The molecule has 0 radical (unpaired) electrons. The largest absolute Gasteiger partial charge is 0.493 e. The Morgan fingerprint density at radius 1 is 1.38 bits per heavy atom. The molecular formula is C15H23ClN2O3. The van der Waals surface area contributed by atoms with Crippen molar-refractivity contribution >= 4 is 17.5 Å². The third-order valence-electron chi connectivity index (χ3n) is 2.90. The highest BCUT2D eigenvalue weighted by atomic mass is 35.5. The van der Waals surface area contributed by atoms with Crippen LogP contribution in [0.4, 0.5) is 0 Å². The molecule has 0 aliphatic heterocycles. The van der Waals surface area contributed by atoms with E-state index in [4.69, 9.17) is 21.1 Å². The molecule has 0 heterocycles. The second kappa shape index (κ2) is 9.47. The van der Waals surface area contributed by atoms with E-state index in [2.05, 4.69) is 17.6 Å². The lowest BCUT2D eigenvalue weighted by atomic mass is 10.2. The Hall–Kier alpha value is -1.46. The van der Waals surface area contributed by atoms with Gasteiger partial charge in [0.1, 0.15) is 0 Å². The van der Waals surface area contributed by atoms with Gasteiger partial charge in [-0.25, -0.2) is 0 Å². The van der Waals surface area contributed by atoms with Crippen LogP contribution in [0.3, 0.4) is 0 Å². The van der Waals surface area contributed by atoms with Gasteiger partial charge in [-0.3, -0.25) is 4.79 Å². The summed E-state index contributed by atoms with van der Waals surface area (Å²) in [6.45, 7) is 4.04. The third kappa shape index (κ3) is 5.81. The van der Waals surface area contributed by atoms with Gasteiger partial charge >= 0.3 is 0 Å². The summed E-state index contributed by atoms with van der Waals surface area (Å²) in [5.74, 6) is 0.973. The fraction of sp³-hybridized carbons (Fsp3) is 0.533. The molecule has 0 bridgehead atoms. The lowest BCUT2D eigenvalue weighted by Gasteiger charge is -2.14. The molecule has 0 atom stereocenters. The van der Waals surface area contributed by atoms with E-state index in [1.807, 2.05) is 12.1 Å². The number of benzene rings is 1. The van der Waals surface area contributed by atoms with Crippen molar-refractivity contribution in [2.24, 2.45) is 0 Å². The molecule has 0 spiro atoms. The minimum atomic E-state index is -0.0783. The standard InChI is InChI=1S/C15H23ClN2O3/c1-4-6-18-10-11-8-12(16)15(13(9-11)20-3)21-7-5-14(19)17-2/h8-9,18H,4-7,10H2,1-3H3,(H,17,19). The Balaban J connectivity index is 2.72. The Bertz CT molecular complexity index is 466. The molecule has 0 aliphatic rings. The van der Waals surface area contributed by atoms with Crippen molar-refractivity contribution < 1.29 is 14.3 Å². The van der Waals surface area contributed by atoms with Crippen molar-refractivity contribution in [3.8, 4) is 11.5 Å². The van der Waals surface area contributed by atoms with Gasteiger partial charge in [0.15, 0.2) is 11.5 Å². The molecule has 0 unspecified atom stereocenters. The molecule has 0 saturated carbocycles. The second-order valence-electron chi connectivity index (χ2n) is 4.56. The van der Waals surface area contributed by atoms with Crippen LogP contribution in [0.2, 0.25) is 5.02 Å². The number of halogens is 1. The summed E-state index contributed by atoms with van der Waals surface area (Å²) in [7, 11) is 3.16. The summed E-state index contributed by atoms with van der Waals surface area (Å²) >= 11 is 6.24. The first-order chi connectivity index (χ1) is 10.1. The Morgan fingerprint density at radius 2 is 2.14 bits per heavy atom. The van der Waals surface area contributed by atoms with Gasteiger partial charge < -0.3 is 20.1 Å². The molecule has 1 rings (SSSR count). The zero-order chi connectivity index (χ0) is 15.7. The first kappa shape index (κ1) is 17.6. The quantitative estimate of drug-likeness (QED) is 0.687. The van der Waals surface area contributed by atoms with Gasteiger partial charge in [0, 0.05) is 13.6 Å². The van der Waals surface area contributed by atoms with E-state index in [-0.39, 0.29) is 18.9 Å². The van der Waals surface area contributed by atoms with Crippen molar-refractivity contribution in [1.82, 2.24) is 10.6 Å². The van der Waals surface area contributed by atoms with E-state index in [9.17, 15) is 4.79 Å². The van der Waals surface area contributed by atoms with Crippen LogP contribution >= 0.6 is 11.6 Å². The highest BCUT2D eigenvalue weighted by molar-refractivity contribution is 6.32. The molecule has 0 aromatic heterocycles. The van der Waals surface area contributed by atoms with Gasteiger partial charge in [-0.2, -0.15) is 0 Å². The Kier molecular flexibility index (Phi) is 7.93. The summed E-state index contributed by atoms with van der Waals surface area (Å²) in [5, 5.41) is 6.33. The van der Waals surface area contributed by atoms with Crippen LogP contribution in [0.1, 0.15) is 25.3 Å². The minimum Gasteiger partial charge on any atom is -0.493 e. The minimum absolute atomic E-state index is 0.0783. The van der Waals surface area contributed by atoms with Crippen LogP contribution in [0, 0.1) is 0 Å². The summed E-state index contributed by atoms with van der Waals surface area (Å²) in [6, 6.07) is 3.74. The fourth-order valence-corrected chi connectivity index (χ4v) is 2.08. The SMILES string of the molecule is CCCNCc1cc(Cl)c(OCCC(=O)NC)c(OC)c1. The van der Waals surface area contributed by atoms with Crippen molar-refractivity contribution in [2.45, 2.75) is 26.3 Å². The maximum absolute atomic E-state index is 11.2. The summed E-state index contributed by atoms with van der Waals surface area (Å²) in [6.07, 6.45) is 1.35. The van der Waals surface area contributed by atoms with Gasteiger partial charge in [0.05, 0.1) is 25.2 Å². The van der Waals surface area contributed by atoms with E-state index in [0.717, 1.165) is 25.1 Å². The van der Waals surface area contributed by atoms with Gasteiger partial charge in [0.2, 0.25) is 5.91 Å². The number of rotatable bonds is 9. The van der Waals surface area contributed by atoms with Gasteiger partial charge in [-0.1, -0.05) is 18.5 Å². The van der Waals surface area contributed by atoms with Gasteiger partial charge in [-0.15, -0.1) is 0 Å². The maximum atomic E-state index is 11.2. The Labute approximate surface area is 131 Å². The topological polar surface area (TPSA) is 59.6 Å². The molecule has 2 N–H and O–H groups in total. The molecule has 21 heavy (non-hydrogen) atoms. The van der Waals surface area contributed by atoms with E-state index in [1.54, 1.807) is 14.2 Å². The van der Waals surface area contributed by atoms with Crippen molar-refractivity contribution in [2.75, 3.05) is 27.3 Å². The highest BCUT2D eigenvalue weighted by Gasteiger charge is 2.12. The smallest absolute Gasteiger partial charge is 0.223 e. The van der Waals surface area contributed by atoms with Crippen molar-refractivity contribution in [1.29, 1.82) is 0 Å². The van der Waals surface area contributed by atoms with E-state index in [0.29, 0.717) is 16.5 Å². The predicted molar refractivity (Wildman–Crippen MR) is 84.2 cm³/mol. The molecule has 0 aliphatic carbocycles. The number of nitrogens with one attached hydrogen (secondary N) is 2. The lowest BCUT2D eigenvalue weighted by Crippen LogP contribution is -2.20. The number of amides is 1. The molecule has 1 aromatic carbocycles. The molecule has 1 amide bonds. The van der Waals surface area contributed by atoms with E-state index < -0.39 is 0 Å². The zero-order valence-corrected chi connectivity index (χ0v) is 13.5. The monoisotopic (exact) mass is 314 g/mol. The fourth-order valence-electron chi connectivity index (χ4n) is 1.80. The molecule has 5 nitrogen and oxygen atoms in total. The molecule has 0 saturated heterocycles. The predicted octanol–water partition coefficient (Wildman–Crippen LogP) is 2.36. The summed E-state index contributed by atoms with van der Waals surface area (Å²) < 4.78 is 10.9. The van der Waals surface area contributed by atoms with Crippen LogP contribution in [-0.4, -0.2) is 33.2 Å². The number of carbonyl (C=O) groups is 1. The number of hydrogen-bond donors (Lipinski definition) is 2. The zero-order valence-electron chi connectivity index (χ0n) is 12.8. The average molecular weight is 315 g/mol. The number of ether oxygens (including phenoxy) is 2. The summed E-state index contributed by atoms with van der Waals surface area (Å²) in [4.78, 5) is 11.2. The maximum Gasteiger partial charge on any atom is 0.223 e. The van der Waals surface area contributed by atoms with Crippen molar-refractivity contribution in [3.63, 3.8) is 0 Å². The second-order valence-corrected chi connectivity index (χ2v) is 4.96. The molecule has 6 heteroatoms. The van der Waals surface area contributed by atoms with E-state index >= 15 is 0 Å². The van der Waals surface area contributed by atoms with Crippen molar-refractivity contribution in [3.05, 3.63) is 22.7 Å². The van der Waals surface area contributed by atoms with Crippen LogP contribution in [0.25, 0.3) is 0 Å². The normalized spacial score (nSPS) is 10.3. The summed E-state index contributed by atoms with van der Waals surface area (Å²) in [5.41, 5.74) is 1.03. The first-order valence-electron chi connectivity index (χ1n) is 7.02. The van der Waals surface area contributed by atoms with Crippen LogP contribution in [0.15, 0.2) is 12.1 Å². The molecular weight excluding hydrogens is 292 g/mol. The van der Waals surface area contributed by atoms with E-state index in [1.165, 1.54) is 0 Å². The third-order valence-corrected chi connectivity index (χ3v) is 3.18. The average Bonchev–Trinajstić information content (AvgIpc) is 2.48. The molecule has 118 valence electrons. The Morgan fingerprint density at radius 3 is 2.76 bits per heavy atom. The molecule has 1 aromatic rings. The lowest BCUT2D eigenvalue weighted by molar-refractivity contribution is -0.121. The first-order valence-corrected chi connectivity index (χ1v) is 7.40. The number of carbonyl (C=O) groups excluding carboxylic acids is 1. The van der Waals surface area contributed by atoms with Crippen LogP contribution < -0.4 is 20.1 Å². The highest BCUT2D eigenvalue weighted by Crippen LogP contribution is 2.36. The van der Waals surface area contributed by atoms with Gasteiger partial charge in [-0.05, 0) is 30.7 Å². The van der Waals surface area contributed by atoms with Crippen LogP contribution in [0.5, 0.6) is 11.5 Å². The molecule has 0 fully saturated rings.